The Kier molecular flexibility index (Phi) is 4.43. The van der Waals surface area contributed by atoms with Crippen LogP contribution >= 0.6 is 0 Å². The summed E-state index contributed by atoms with van der Waals surface area (Å²) in [5.41, 5.74) is 5.88. The van der Waals surface area contributed by atoms with Crippen LogP contribution in [0.25, 0.3) is 16.9 Å². The van der Waals surface area contributed by atoms with E-state index in [9.17, 15) is 9.18 Å². The van der Waals surface area contributed by atoms with Crippen LogP contribution < -0.4 is 5.32 Å². The fourth-order valence-electron chi connectivity index (χ4n) is 3.14. The van der Waals surface area contributed by atoms with Gasteiger partial charge in [0.25, 0.3) is 5.91 Å². The van der Waals surface area contributed by atoms with E-state index in [0.717, 1.165) is 27.9 Å². The first-order valence-corrected chi connectivity index (χ1v) is 9.05. The number of carbonyl (C=O) groups is 1. The van der Waals surface area contributed by atoms with E-state index >= 15 is 0 Å². The maximum Gasteiger partial charge on any atom is 0.256 e. The molecule has 1 amide bonds. The van der Waals surface area contributed by atoms with E-state index in [1.165, 1.54) is 12.1 Å². The highest BCUT2D eigenvalue weighted by Gasteiger charge is 2.18. The zero-order chi connectivity index (χ0) is 19.8. The molecule has 4 rings (SSSR count). The van der Waals surface area contributed by atoms with Gasteiger partial charge in [-0.25, -0.2) is 9.37 Å². The number of hydrogen-bond acceptors (Lipinski definition) is 2. The van der Waals surface area contributed by atoms with E-state index in [2.05, 4.69) is 10.3 Å². The molecule has 0 aliphatic carbocycles. The van der Waals surface area contributed by atoms with Crippen LogP contribution in [0.4, 0.5) is 10.2 Å². The fourth-order valence-corrected chi connectivity index (χ4v) is 3.14. The average molecular weight is 373 g/mol. The standard InChI is InChI=1S/C23H20FN3O/c1-14-10-11-27-20(12-14)25-21(17-6-8-19(24)9-7-17)22(27)26-23(28)18-5-4-15(2)16(3)13-18/h4-13H,1-3H3,(H,26,28). The molecule has 2 aromatic heterocycles. The van der Waals surface area contributed by atoms with Gasteiger partial charge in [-0.2, -0.15) is 0 Å². The number of fused-ring (bicyclic) bond motifs is 1. The Morgan fingerprint density at radius 1 is 0.964 bits per heavy atom. The zero-order valence-electron chi connectivity index (χ0n) is 16.0. The van der Waals surface area contributed by atoms with Crippen molar-refractivity contribution in [3.63, 3.8) is 0 Å². The number of nitrogens with one attached hydrogen (secondary N) is 1. The summed E-state index contributed by atoms with van der Waals surface area (Å²) in [6, 6.07) is 15.6. The van der Waals surface area contributed by atoms with Crippen LogP contribution in [0.5, 0.6) is 0 Å². The molecule has 0 saturated heterocycles. The van der Waals surface area contributed by atoms with Gasteiger partial charge in [-0.3, -0.25) is 9.20 Å². The van der Waals surface area contributed by atoms with Gasteiger partial charge in [0.2, 0.25) is 0 Å². The summed E-state index contributed by atoms with van der Waals surface area (Å²) in [7, 11) is 0. The van der Waals surface area contributed by atoms with Gasteiger partial charge in [-0.05, 0) is 86.0 Å². The summed E-state index contributed by atoms with van der Waals surface area (Å²) in [5.74, 6) is 0.0303. The second-order valence-electron chi connectivity index (χ2n) is 7.00. The van der Waals surface area contributed by atoms with Gasteiger partial charge in [-0.15, -0.1) is 0 Å². The third-order valence-electron chi connectivity index (χ3n) is 4.90. The van der Waals surface area contributed by atoms with Crippen molar-refractivity contribution in [2.24, 2.45) is 0 Å². The van der Waals surface area contributed by atoms with Crippen molar-refractivity contribution in [3.8, 4) is 11.3 Å². The third-order valence-corrected chi connectivity index (χ3v) is 4.90. The molecule has 4 nitrogen and oxygen atoms in total. The lowest BCUT2D eigenvalue weighted by Crippen LogP contribution is -2.14. The van der Waals surface area contributed by atoms with E-state index in [1.54, 1.807) is 12.1 Å². The maximum absolute atomic E-state index is 13.4. The lowest BCUT2D eigenvalue weighted by molar-refractivity contribution is 0.102. The van der Waals surface area contributed by atoms with E-state index in [1.807, 2.05) is 61.7 Å². The van der Waals surface area contributed by atoms with Crippen molar-refractivity contribution in [3.05, 3.63) is 88.9 Å². The number of pyridine rings is 1. The molecule has 2 heterocycles. The number of halogens is 1. The molecule has 0 aliphatic rings. The van der Waals surface area contributed by atoms with E-state index in [0.29, 0.717) is 17.1 Å². The van der Waals surface area contributed by atoms with Crippen LogP contribution in [0.1, 0.15) is 27.0 Å². The Morgan fingerprint density at radius 2 is 1.71 bits per heavy atom. The summed E-state index contributed by atoms with van der Waals surface area (Å²) < 4.78 is 15.2. The molecule has 1 N–H and O–H groups in total. The Labute approximate surface area is 162 Å². The second kappa shape index (κ2) is 6.93. The molecule has 2 aromatic carbocycles. The van der Waals surface area contributed by atoms with Gasteiger partial charge >= 0.3 is 0 Å². The number of carbonyl (C=O) groups excluding carboxylic acids is 1. The smallest absolute Gasteiger partial charge is 0.256 e. The minimum Gasteiger partial charge on any atom is -0.306 e. The number of aromatic nitrogens is 2. The number of aryl methyl sites for hydroxylation is 3. The van der Waals surface area contributed by atoms with Crippen molar-refractivity contribution >= 4 is 17.4 Å². The molecule has 0 saturated carbocycles. The van der Waals surface area contributed by atoms with Gasteiger partial charge in [0.1, 0.15) is 23.0 Å². The van der Waals surface area contributed by atoms with Crippen molar-refractivity contribution in [1.29, 1.82) is 0 Å². The summed E-state index contributed by atoms with van der Waals surface area (Å²) in [5, 5.41) is 3.00. The predicted octanol–water partition coefficient (Wildman–Crippen LogP) is 5.32. The number of nitrogens with zero attached hydrogens (tertiary/aromatic N) is 2. The largest absolute Gasteiger partial charge is 0.306 e. The average Bonchev–Trinajstić information content (AvgIpc) is 3.02. The SMILES string of the molecule is Cc1ccn2c(NC(=O)c3ccc(C)c(C)c3)c(-c3ccc(F)cc3)nc2c1. The fraction of sp³-hybridized carbons (Fsp3) is 0.130. The molecule has 0 fully saturated rings. The Morgan fingerprint density at radius 3 is 2.43 bits per heavy atom. The van der Waals surface area contributed by atoms with Gasteiger partial charge in [0.05, 0.1) is 0 Å². The first kappa shape index (κ1) is 17.9. The highest BCUT2D eigenvalue weighted by molar-refractivity contribution is 6.06. The highest BCUT2D eigenvalue weighted by atomic mass is 19.1. The first-order valence-electron chi connectivity index (χ1n) is 9.05. The summed E-state index contributed by atoms with van der Waals surface area (Å²) in [6.07, 6.45) is 1.88. The first-order chi connectivity index (χ1) is 13.4. The monoisotopic (exact) mass is 373 g/mol. The maximum atomic E-state index is 13.4. The van der Waals surface area contributed by atoms with Crippen molar-refractivity contribution in [1.82, 2.24) is 9.38 Å². The van der Waals surface area contributed by atoms with Gasteiger partial charge in [0, 0.05) is 17.3 Å². The molecule has 28 heavy (non-hydrogen) atoms. The van der Waals surface area contributed by atoms with Gasteiger partial charge in [0.15, 0.2) is 0 Å². The molecule has 5 heteroatoms. The van der Waals surface area contributed by atoms with Crippen LogP contribution in [0.2, 0.25) is 0 Å². The van der Waals surface area contributed by atoms with Crippen molar-refractivity contribution < 1.29 is 9.18 Å². The molecular weight excluding hydrogens is 353 g/mol. The third kappa shape index (κ3) is 3.27. The van der Waals surface area contributed by atoms with Gasteiger partial charge < -0.3 is 5.32 Å². The van der Waals surface area contributed by atoms with Crippen molar-refractivity contribution in [2.45, 2.75) is 20.8 Å². The van der Waals surface area contributed by atoms with E-state index < -0.39 is 0 Å². The number of anilines is 1. The normalized spacial score (nSPS) is 11.0. The Bertz CT molecular complexity index is 1190. The predicted molar refractivity (Wildman–Crippen MR) is 109 cm³/mol. The molecule has 0 aliphatic heterocycles. The number of amides is 1. The summed E-state index contributed by atoms with van der Waals surface area (Å²) in [4.78, 5) is 17.6. The summed E-state index contributed by atoms with van der Waals surface area (Å²) in [6.45, 7) is 5.98. The Hall–Kier alpha value is -3.47. The molecule has 140 valence electrons. The lowest BCUT2D eigenvalue weighted by Gasteiger charge is -2.09. The Balaban J connectivity index is 1.82. The number of benzene rings is 2. The highest BCUT2D eigenvalue weighted by Crippen LogP contribution is 2.30. The van der Waals surface area contributed by atoms with Gasteiger partial charge in [-0.1, -0.05) is 6.07 Å². The second-order valence-corrected chi connectivity index (χ2v) is 7.00. The minimum absolute atomic E-state index is 0.214. The van der Waals surface area contributed by atoms with Crippen LogP contribution in [-0.4, -0.2) is 15.3 Å². The molecule has 4 aromatic rings. The molecule has 0 atom stereocenters. The minimum atomic E-state index is -0.316. The summed E-state index contributed by atoms with van der Waals surface area (Å²) >= 11 is 0. The van der Waals surface area contributed by atoms with Crippen molar-refractivity contribution in [2.75, 3.05) is 5.32 Å². The topological polar surface area (TPSA) is 46.4 Å². The zero-order valence-corrected chi connectivity index (χ0v) is 16.0. The quantitative estimate of drug-likeness (QED) is 0.528. The van der Waals surface area contributed by atoms with E-state index in [4.69, 9.17) is 0 Å². The van der Waals surface area contributed by atoms with Crippen LogP contribution in [0.15, 0.2) is 60.8 Å². The molecule has 0 unspecified atom stereocenters. The lowest BCUT2D eigenvalue weighted by atomic mass is 10.1. The van der Waals surface area contributed by atoms with Crippen LogP contribution in [0.3, 0.4) is 0 Å². The van der Waals surface area contributed by atoms with Crippen LogP contribution in [-0.2, 0) is 0 Å². The number of rotatable bonds is 3. The molecule has 0 bridgehead atoms. The number of hydrogen-bond donors (Lipinski definition) is 1. The molecule has 0 spiro atoms. The van der Waals surface area contributed by atoms with E-state index in [-0.39, 0.29) is 11.7 Å². The van der Waals surface area contributed by atoms with Crippen LogP contribution in [0, 0.1) is 26.6 Å². The molecular formula is C23H20FN3O. The number of imidazole rings is 1. The molecule has 0 radical (unpaired) electrons.